The van der Waals surface area contributed by atoms with Crippen LogP contribution in [-0.4, -0.2) is 27.9 Å². The number of amides is 1. The number of aromatic amines is 1. The van der Waals surface area contributed by atoms with Gasteiger partial charge in [-0.25, -0.2) is 4.98 Å². The van der Waals surface area contributed by atoms with Crippen molar-refractivity contribution in [2.45, 2.75) is 19.4 Å². The number of aromatic nitrogens is 2. The molecule has 0 fully saturated rings. The van der Waals surface area contributed by atoms with Crippen LogP contribution in [0.1, 0.15) is 25.2 Å². The van der Waals surface area contributed by atoms with Crippen molar-refractivity contribution in [1.82, 2.24) is 15.3 Å². The minimum atomic E-state index is 0.00431. The predicted octanol–water partition coefficient (Wildman–Crippen LogP) is 1.34. The smallest absolute Gasteiger partial charge is 0.230 e. The van der Waals surface area contributed by atoms with Crippen LogP contribution >= 0.6 is 11.8 Å². The lowest BCUT2D eigenvalue weighted by Gasteiger charge is -2.13. The van der Waals surface area contributed by atoms with Gasteiger partial charge < -0.3 is 10.3 Å². The zero-order valence-electron chi connectivity index (χ0n) is 8.41. The Balaban J connectivity index is 2.51. The lowest BCUT2D eigenvalue weighted by atomic mass is 10.2. The molecule has 1 aromatic rings. The van der Waals surface area contributed by atoms with Gasteiger partial charge in [-0.15, -0.1) is 0 Å². The molecule has 1 amide bonds. The van der Waals surface area contributed by atoms with Crippen molar-refractivity contribution in [2.75, 3.05) is 12.0 Å². The molecule has 1 rings (SSSR count). The zero-order chi connectivity index (χ0) is 10.4. The number of H-pyrrole nitrogens is 1. The second kappa shape index (κ2) is 5.70. The van der Waals surface area contributed by atoms with Crippen molar-refractivity contribution < 1.29 is 4.79 Å². The first kappa shape index (κ1) is 11.1. The van der Waals surface area contributed by atoms with Gasteiger partial charge in [0.15, 0.2) is 0 Å². The van der Waals surface area contributed by atoms with Gasteiger partial charge in [-0.2, -0.15) is 11.8 Å². The maximum atomic E-state index is 11.3. The summed E-state index contributed by atoms with van der Waals surface area (Å²) in [5, 5.41) is 2.92. The highest BCUT2D eigenvalue weighted by Gasteiger charge is 2.13. The third-order valence-electron chi connectivity index (χ3n) is 1.87. The van der Waals surface area contributed by atoms with Gasteiger partial charge in [0.2, 0.25) is 5.91 Å². The maximum absolute atomic E-state index is 11.3. The van der Waals surface area contributed by atoms with Crippen LogP contribution in [0, 0.1) is 0 Å². The minimum Gasteiger partial charge on any atom is -0.347 e. The molecule has 1 heterocycles. The van der Waals surface area contributed by atoms with Gasteiger partial charge >= 0.3 is 0 Å². The molecule has 4 nitrogen and oxygen atoms in total. The molecule has 1 unspecified atom stereocenters. The van der Waals surface area contributed by atoms with Crippen LogP contribution < -0.4 is 5.32 Å². The van der Waals surface area contributed by atoms with E-state index in [0.29, 0.717) is 5.75 Å². The monoisotopic (exact) mass is 213 g/mol. The fraction of sp³-hybridized carbons (Fsp3) is 0.556. The summed E-state index contributed by atoms with van der Waals surface area (Å²) in [5.74, 6) is 1.37. The molecule has 0 radical (unpaired) electrons. The van der Waals surface area contributed by atoms with Crippen LogP contribution in [0.3, 0.4) is 0 Å². The Morgan fingerprint density at radius 2 is 2.57 bits per heavy atom. The van der Waals surface area contributed by atoms with E-state index in [1.54, 1.807) is 12.4 Å². The minimum absolute atomic E-state index is 0.00431. The number of carbonyl (C=O) groups is 1. The first-order valence-electron chi connectivity index (χ1n) is 4.55. The first-order valence-corrected chi connectivity index (χ1v) is 5.94. The molecular weight excluding hydrogens is 198 g/mol. The Kier molecular flexibility index (Phi) is 4.52. The van der Waals surface area contributed by atoms with Crippen LogP contribution in [0.5, 0.6) is 0 Å². The van der Waals surface area contributed by atoms with E-state index >= 15 is 0 Å². The summed E-state index contributed by atoms with van der Waals surface area (Å²) in [4.78, 5) is 18.5. The molecule has 5 heteroatoms. The maximum Gasteiger partial charge on any atom is 0.230 e. The normalized spacial score (nSPS) is 12.4. The van der Waals surface area contributed by atoms with E-state index in [2.05, 4.69) is 15.3 Å². The summed E-state index contributed by atoms with van der Waals surface area (Å²) >= 11 is 1.52. The van der Waals surface area contributed by atoms with Crippen LogP contribution in [0.2, 0.25) is 0 Å². The molecule has 0 aliphatic carbocycles. The van der Waals surface area contributed by atoms with Crippen molar-refractivity contribution in [3.8, 4) is 0 Å². The molecule has 0 aliphatic rings. The fourth-order valence-corrected chi connectivity index (χ4v) is 1.54. The van der Waals surface area contributed by atoms with E-state index in [9.17, 15) is 4.79 Å². The van der Waals surface area contributed by atoms with Crippen molar-refractivity contribution >= 4 is 17.7 Å². The predicted molar refractivity (Wildman–Crippen MR) is 58.1 cm³/mol. The van der Waals surface area contributed by atoms with Crippen LogP contribution in [0.15, 0.2) is 12.4 Å². The van der Waals surface area contributed by atoms with Gasteiger partial charge in [0.25, 0.3) is 0 Å². The number of thioether (sulfide) groups is 1. The number of rotatable bonds is 5. The molecule has 1 atom stereocenters. The average Bonchev–Trinajstić information content (AvgIpc) is 2.67. The highest BCUT2D eigenvalue weighted by Crippen LogP contribution is 2.11. The van der Waals surface area contributed by atoms with Gasteiger partial charge in [-0.1, -0.05) is 6.92 Å². The summed E-state index contributed by atoms with van der Waals surface area (Å²) in [5.41, 5.74) is 0. The van der Waals surface area contributed by atoms with Crippen molar-refractivity contribution in [2.24, 2.45) is 0 Å². The quantitative estimate of drug-likeness (QED) is 0.776. The number of carbonyl (C=O) groups excluding carboxylic acids is 1. The van der Waals surface area contributed by atoms with E-state index < -0.39 is 0 Å². The van der Waals surface area contributed by atoms with Gasteiger partial charge in [0.1, 0.15) is 5.82 Å². The van der Waals surface area contributed by atoms with E-state index in [0.717, 1.165) is 12.2 Å². The Bertz CT molecular complexity index is 274. The third-order valence-corrected chi connectivity index (χ3v) is 2.42. The molecule has 0 spiro atoms. The van der Waals surface area contributed by atoms with Crippen molar-refractivity contribution in [3.63, 3.8) is 0 Å². The number of nitrogens with zero attached hydrogens (tertiary/aromatic N) is 1. The molecule has 78 valence electrons. The molecule has 2 N–H and O–H groups in total. The van der Waals surface area contributed by atoms with Crippen LogP contribution in [0.25, 0.3) is 0 Å². The van der Waals surface area contributed by atoms with Crippen LogP contribution in [0.4, 0.5) is 0 Å². The molecule has 0 aliphatic heterocycles. The largest absolute Gasteiger partial charge is 0.347 e. The second-order valence-electron chi connectivity index (χ2n) is 2.94. The van der Waals surface area contributed by atoms with Gasteiger partial charge in [0.05, 0.1) is 11.8 Å². The number of hydrogen-bond acceptors (Lipinski definition) is 3. The van der Waals surface area contributed by atoms with E-state index in [1.165, 1.54) is 11.8 Å². The molecular formula is C9H15N3OS. The van der Waals surface area contributed by atoms with E-state index in [-0.39, 0.29) is 11.9 Å². The van der Waals surface area contributed by atoms with Crippen molar-refractivity contribution in [1.29, 1.82) is 0 Å². The zero-order valence-corrected chi connectivity index (χ0v) is 9.23. The summed E-state index contributed by atoms with van der Waals surface area (Å²) in [7, 11) is 0. The van der Waals surface area contributed by atoms with E-state index in [1.807, 2.05) is 13.2 Å². The van der Waals surface area contributed by atoms with Gasteiger partial charge in [-0.05, 0) is 12.7 Å². The third kappa shape index (κ3) is 3.06. The highest BCUT2D eigenvalue weighted by molar-refractivity contribution is 7.99. The molecule has 0 bridgehead atoms. The van der Waals surface area contributed by atoms with Crippen molar-refractivity contribution in [3.05, 3.63) is 18.2 Å². The molecule has 0 saturated carbocycles. The fourth-order valence-electron chi connectivity index (χ4n) is 1.20. The topological polar surface area (TPSA) is 57.8 Å². The summed E-state index contributed by atoms with van der Waals surface area (Å²) in [6.07, 6.45) is 6.21. The molecule has 1 aromatic heterocycles. The standard InChI is InChI=1S/C9H15N3OS/c1-3-7(9-10-4-5-11-9)12-8(13)6-14-2/h4-5,7H,3,6H2,1-2H3,(H,10,11)(H,12,13). The Morgan fingerprint density at radius 1 is 1.79 bits per heavy atom. The summed E-state index contributed by atoms with van der Waals surface area (Å²) in [6, 6.07) is 0.00431. The summed E-state index contributed by atoms with van der Waals surface area (Å²) in [6.45, 7) is 2.02. The van der Waals surface area contributed by atoms with Gasteiger partial charge in [-0.3, -0.25) is 4.79 Å². The Morgan fingerprint density at radius 3 is 3.07 bits per heavy atom. The molecule has 0 saturated heterocycles. The van der Waals surface area contributed by atoms with E-state index in [4.69, 9.17) is 0 Å². The van der Waals surface area contributed by atoms with Gasteiger partial charge in [0, 0.05) is 12.4 Å². The summed E-state index contributed by atoms with van der Waals surface area (Å²) < 4.78 is 0. The number of imidazole rings is 1. The lowest BCUT2D eigenvalue weighted by molar-refractivity contribution is -0.119. The first-order chi connectivity index (χ1) is 6.77. The number of nitrogens with one attached hydrogen (secondary N) is 2. The molecule has 14 heavy (non-hydrogen) atoms. The average molecular weight is 213 g/mol. The second-order valence-corrected chi connectivity index (χ2v) is 3.80. The SMILES string of the molecule is CCC(NC(=O)CSC)c1ncc[nH]1. The van der Waals surface area contributed by atoms with Crippen LogP contribution in [-0.2, 0) is 4.79 Å². The highest BCUT2D eigenvalue weighted by atomic mass is 32.2. The lowest BCUT2D eigenvalue weighted by Crippen LogP contribution is -2.30. The Hall–Kier alpha value is -0.970. The number of hydrogen-bond donors (Lipinski definition) is 2. The Labute approximate surface area is 87.9 Å². The molecule has 0 aromatic carbocycles.